The van der Waals surface area contributed by atoms with E-state index in [2.05, 4.69) is 40.3 Å². The standard InChI is InChI=1S/C21H22N4OS/c1-15-13-17(14-22-24-21(27)23-18-7-5-4-6-8-18)16(2)25(15)19-9-11-20(26-3)12-10-19/h4-14H,1-3H3,(H2,23,24,27)/b22-14+. The van der Waals surface area contributed by atoms with Crippen molar-refractivity contribution in [2.75, 3.05) is 12.4 Å². The molecule has 0 saturated heterocycles. The van der Waals surface area contributed by atoms with Gasteiger partial charge in [-0.05, 0) is 68.5 Å². The number of benzene rings is 2. The molecule has 0 radical (unpaired) electrons. The predicted octanol–water partition coefficient (Wildman–Crippen LogP) is 4.42. The molecule has 0 aliphatic rings. The van der Waals surface area contributed by atoms with Gasteiger partial charge in [-0.15, -0.1) is 0 Å². The average Bonchev–Trinajstić information content (AvgIpc) is 2.96. The number of aryl methyl sites for hydroxylation is 1. The summed E-state index contributed by atoms with van der Waals surface area (Å²) in [5.41, 5.74) is 8.11. The maximum absolute atomic E-state index is 5.26. The molecule has 0 spiro atoms. The van der Waals surface area contributed by atoms with E-state index in [0.29, 0.717) is 5.11 Å². The van der Waals surface area contributed by atoms with E-state index in [-0.39, 0.29) is 0 Å². The molecule has 3 rings (SSSR count). The number of methoxy groups -OCH3 is 1. The molecule has 0 amide bonds. The van der Waals surface area contributed by atoms with Crippen molar-refractivity contribution >= 4 is 29.2 Å². The first-order valence-corrected chi connectivity index (χ1v) is 8.98. The predicted molar refractivity (Wildman–Crippen MR) is 115 cm³/mol. The number of nitrogens with zero attached hydrogens (tertiary/aromatic N) is 2. The summed E-state index contributed by atoms with van der Waals surface area (Å²) in [6.45, 7) is 4.14. The molecule has 0 aliphatic heterocycles. The Balaban J connectivity index is 1.70. The number of anilines is 1. The molecule has 6 heteroatoms. The molecule has 3 aromatic rings. The lowest BCUT2D eigenvalue weighted by molar-refractivity contribution is 0.414. The topological polar surface area (TPSA) is 50.6 Å². The maximum Gasteiger partial charge on any atom is 0.191 e. The second-order valence-electron chi connectivity index (χ2n) is 6.05. The fourth-order valence-corrected chi connectivity index (χ4v) is 3.06. The van der Waals surface area contributed by atoms with Gasteiger partial charge in [0.2, 0.25) is 0 Å². The molecule has 0 saturated carbocycles. The van der Waals surface area contributed by atoms with Gasteiger partial charge in [0, 0.05) is 28.3 Å². The van der Waals surface area contributed by atoms with Crippen LogP contribution < -0.4 is 15.5 Å². The summed E-state index contributed by atoms with van der Waals surface area (Å²) in [6.07, 6.45) is 1.78. The number of nitrogens with one attached hydrogen (secondary N) is 2. The second kappa shape index (κ2) is 8.51. The molecule has 0 fully saturated rings. The van der Waals surface area contributed by atoms with Crippen molar-refractivity contribution in [1.82, 2.24) is 9.99 Å². The Bertz CT molecular complexity index is 946. The first-order chi connectivity index (χ1) is 13.1. The van der Waals surface area contributed by atoms with E-state index >= 15 is 0 Å². The van der Waals surface area contributed by atoms with Crippen molar-refractivity contribution in [2.24, 2.45) is 5.10 Å². The lowest BCUT2D eigenvalue weighted by Gasteiger charge is -2.10. The van der Waals surface area contributed by atoms with Crippen LogP contribution in [0.5, 0.6) is 5.75 Å². The molecule has 2 N–H and O–H groups in total. The Labute approximate surface area is 164 Å². The molecule has 0 aliphatic carbocycles. The van der Waals surface area contributed by atoms with Gasteiger partial charge in [0.15, 0.2) is 5.11 Å². The van der Waals surface area contributed by atoms with Crippen LogP contribution in [-0.4, -0.2) is 23.0 Å². The van der Waals surface area contributed by atoms with Gasteiger partial charge in [-0.3, -0.25) is 5.43 Å². The molecule has 2 aromatic carbocycles. The summed E-state index contributed by atoms with van der Waals surface area (Å²) in [5, 5.41) is 7.79. The first-order valence-electron chi connectivity index (χ1n) is 8.57. The van der Waals surface area contributed by atoms with E-state index in [9.17, 15) is 0 Å². The number of hydrogen-bond donors (Lipinski definition) is 2. The zero-order chi connectivity index (χ0) is 19.2. The van der Waals surface area contributed by atoms with E-state index in [4.69, 9.17) is 17.0 Å². The number of hydrogen-bond acceptors (Lipinski definition) is 3. The molecule has 5 nitrogen and oxygen atoms in total. The number of thiocarbonyl (C=S) groups is 1. The van der Waals surface area contributed by atoms with Crippen LogP contribution in [0.2, 0.25) is 0 Å². The molecule has 1 aromatic heterocycles. The minimum atomic E-state index is 0.446. The smallest absolute Gasteiger partial charge is 0.191 e. The molecule has 138 valence electrons. The largest absolute Gasteiger partial charge is 0.497 e. The van der Waals surface area contributed by atoms with Crippen molar-refractivity contribution in [1.29, 1.82) is 0 Å². The van der Waals surface area contributed by atoms with Crippen LogP contribution in [0, 0.1) is 13.8 Å². The quantitative estimate of drug-likeness (QED) is 0.392. The highest BCUT2D eigenvalue weighted by Crippen LogP contribution is 2.21. The van der Waals surface area contributed by atoms with Gasteiger partial charge in [0.25, 0.3) is 0 Å². The lowest BCUT2D eigenvalue weighted by atomic mass is 10.2. The zero-order valence-corrected chi connectivity index (χ0v) is 16.4. The summed E-state index contributed by atoms with van der Waals surface area (Å²) in [6, 6.07) is 19.8. The maximum atomic E-state index is 5.26. The highest BCUT2D eigenvalue weighted by molar-refractivity contribution is 7.80. The van der Waals surface area contributed by atoms with Crippen molar-refractivity contribution in [3.05, 3.63) is 77.6 Å². The van der Waals surface area contributed by atoms with E-state index in [1.165, 1.54) is 0 Å². The first kappa shape index (κ1) is 18.7. The Hall–Kier alpha value is -3.12. The minimum Gasteiger partial charge on any atom is -0.497 e. The van der Waals surface area contributed by atoms with Crippen molar-refractivity contribution in [3.8, 4) is 11.4 Å². The Morgan fingerprint density at radius 1 is 1.07 bits per heavy atom. The fraction of sp³-hybridized carbons (Fsp3) is 0.143. The molecule has 0 unspecified atom stereocenters. The molecule has 27 heavy (non-hydrogen) atoms. The summed E-state index contributed by atoms with van der Waals surface area (Å²) >= 11 is 5.26. The summed E-state index contributed by atoms with van der Waals surface area (Å²) in [5.74, 6) is 0.839. The third-order valence-corrected chi connectivity index (χ3v) is 4.40. The van der Waals surface area contributed by atoms with E-state index in [1.807, 2.05) is 54.6 Å². The van der Waals surface area contributed by atoms with Crippen LogP contribution in [0.4, 0.5) is 5.69 Å². The van der Waals surface area contributed by atoms with Crippen LogP contribution >= 0.6 is 12.2 Å². The third-order valence-electron chi connectivity index (χ3n) is 4.20. The van der Waals surface area contributed by atoms with Gasteiger partial charge in [-0.1, -0.05) is 18.2 Å². The summed E-state index contributed by atoms with van der Waals surface area (Å²) in [4.78, 5) is 0. The van der Waals surface area contributed by atoms with Crippen molar-refractivity contribution < 1.29 is 4.74 Å². The van der Waals surface area contributed by atoms with Crippen LogP contribution in [0.25, 0.3) is 5.69 Å². The number of aromatic nitrogens is 1. The number of hydrazone groups is 1. The van der Waals surface area contributed by atoms with Crippen molar-refractivity contribution in [2.45, 2.75) is 13.8 Å². The zero-order valence-electron chi connectivity index (χ0n) is 15.6. The number of ether oxygens (including phenoxy) is 1. The SMILES string of the molecule is COc1ccc(-n2c(C)cc(/C=N/NC(=S)Nc3ccccc3)c2C)cc1. The molecule has 0 atom stereocenters. The molecule has 0 bridgehead atoms. The van der Waals surface area contributed by atoms with Gasteiger partial charge >= 0.3 is 0 Å². The highest BCUT2D eigenvalue weighted by Gasteiger charge is 2.09. The van der Waals surface area contributed by atoms with Gasteiger partial charge < -0.3 is 14.6 Å². The molecular formula is C21H22N4OS. The summed E-state index contributed by atoms with van der Waals surface area (Å²) < 4.78 is 7.41. The van der Waals surface area contributed by atoms with E-state index < -0.39 is 0 Å². The minimum absolute atomic E-state index is 0.446. The highest BCUT2D eigenvalue weighted by atomic mass is 32.1. The monoisotopic (exact) mass is 378 g/mol. The van der Waals surface area contributed by atoms with Crippen molar-refractivity contribution in [3.63, 3.8) is 0 Å². The van der Waals surface area contributed by atoms with E-state index in [1.54, 1.807) is 13.3 Å². The van der Waals surface area contributed by atoms with Crippen LogP contribution in [0.1, 0.15) is 17.0 Å². The third kappa shape index (κ3) is 4.54. The second-order valence-corrected chi connectivity index (χ2v) is 6.46. The normalized spacial score (nSPS) is 10.8. The number of rotatable bonds is 5. The van der Waals surface area contributed by atoms with Crippen LogP contribution in [-0.2, 0) is 0 Å². The molecular weight excluding hydrogens is 356 g/mol. The van der Waals surface area contributed by atoms with Gasteiger partial charge in [0.1, 0.15) is 5.75 Å². The Kier molecular flexibility index (Phi) is 5.88. The fourth-order valence-electron chi connectivity index (χ4n) is 2.89. The van der Waals surface area contributed by atoms with Crippen LogP contribution in [0.15, 0.2) is 65.8 Å². The average molecular weight is 379 g/mol. The Morgan fingerprint density at radius 2 is 1.78 bits per heavy atom. The van der Waals surface area contributed by atoms with Gasteiger partial charge in [-0.2, -0.15) is 5.10 Å². The molecule has 1 heterocycles. The number of para-hydroxylation sites is 1. The summed E-state index contributed by atoms with van der Waals surface area (Å²) in [7, 11) is 1.67. The Morgan fingerprint density at radius 3 is 2.44 bits per heavy atom. The van der Waals surface area contributed by atoms with Crippen LogP contribution in [0.3, 0.4) is 0 Å². The van der Waals surface area contributed by atoms with E-state index in [0.717, 1.165) is 34.1 Å². The lowest BCUT2D eigenvalue weighted by Crippen LogP contribution is -2.23. The van der Waals surface area contributed by atoms with Gasteiger partial charge in [0.05, 0.1) is 13.3 Å². The van der Waals surface area contributed by atoms with Gasteiger partial charge in [-0.25, -0.2) is 0 Å².